The van der Waals surface area contributed by atoms with E-state index in [-0.39, 0.29) is 16.9 Å². The molecule has 1 aliphatic rings. The van der Waals surface area contributed by atoms with E-state index in [2.05, 4.69) is 0 Å². The van der Waals surface area contributed by atoms with Gasteiger partial charge in [0.1, 0.15) is 0 Å². The van der Waals surface area contributed by atoms with E-state index < -0.39 is 0 Å². The van der Waals surface area contributed by atoms with Gasteiger partial charge in [0.05, 0.1) is 5.41 Å². The Morgan fingerprint density at radius 1 is 1.20 bits per heavy atom. The monoisotopic (exact) mass is 205 g/mol. The fraction of sp³-hybridized carbons (Fsp3) is 0.500. The first-order valence-corrected chi connectivity index (χ1v) is 5.40. The predicted molar refractivity (Wildman–Crippen MR) is 58.4 cm³/mol. The van der Waals surface area contributed by atoms with E-state index in [4.69, 9.17) is 0 Å². The van der Waals surface area contributed by atoms with Crippen LogP contribution in [0.3, 0.4) is 0 Å². The Bertz CT molecular complexity index is 342. The Hall–Kier alpha value is -1.38. The average molecular weight is 205 g/mol. The van der Waals surface area contributed by atoms with Crippen molar-refractivity contribution in [2.24, 2.45) is 0 Å². The third kappa shape index (κ3) is 2.01. The van der Waals surface area contributed by atoms with Gasteiger partial charge in [0, 0.05) is 4.92 Å². The normalized spacial score (nSPS) is 18.9. The highest BCUT2D eigenvalue weighted by Crippen LogP contribution is 2.40. The molecule has 0 amide bonds. The molecule has 0 radical (unpaired) electrons. The first-order chi connectivity index (χ1) is 7.23. The molecule has 0 unspecified atom stereocenters. The van der Waals surface area contributed by atoms with Crippen molar-refractivity contribution in [3.05, 3.63) is 46.0 Å². The number of hydrogen-bond acceptors (Lipinski definition) is 2. The predicted octanol–water partition coefficient (Wildman–Crippen LogP) is 2.78. The van der Waals surface area contributed by atoms with Crippen LogP contribution in [0.1, 0.15) is 31.2 Å². The van der Waals surface area contributed by atoms with Crippen molar-refractivity contribution in [3.63, 3.8) is 0 Å². The lowest BCUT2D eigenvalue weighted by Crippen LogP contribution is -2.31. The maximum atomic E-state index is 10.7. The average Bonchev–Trinajstić information content (AvgIpc) is 2.68. The van der Waals surface area contributed by atoms with Crippen LogP contribution < -0.4 is 0 Å². The van der Waals surface area contributed by atoms with Crippen LogP contribution in [0.15, 0.2) is 30.3 Å². The molecule has 0 spiro atoms. The fourth-order valence-electron chi connectivity index (χ4n) is 2.63. The molecule has 1 aliphatic carbocycles. The number of benzene rings is 1. The highest BCUT2D eigenvalue weighted by Gasteiger charge is 2.40. The second-order valence-electron chi connectivity index (χ2n) is 4.34. The van der Waals surface area contributed by atoms with Gasteiger partial charge in [-0.2, -0.15) is 0 Å². The summed E-state index contributed by atoms with van der Waals surface area (Å²) in [5.74, 6) is 0. The van der Waals surface area contributed by atoms with Crippen LogP contribution in [0.4, 0.5) is 0 Å². The lowest BCUT2D eigenvalue weighted by atomic mass is 9.79. The highest BCUT2D eigenvalue weighted by molar-refractivity contribution is 5.26. The molecule has 1 fully saturated rings. The number of nitrogens with zero attached hydrogens (tertiary/aromatic N) is 1. The molecule has 0 aromatic heterocycles. The molecule has 0 aliphatic heterocycles. The lowest BCUT2D eigenvalue weighted by Gasteiger charge is -2.24. The van der Waals surface area contributed by atoms with Crippen molar-refractivity contribution in [3.8, 4) is 0 Å². The van der Waals surface area contributed by atoms with Crippen molar-refractivity contribution < 1.29 is 4.92 Å². The molecule has 15 heavy (non-hydrogen) atoms. The summed E-state index contributed by atoms with van der Waals surface area (Å²) in [6.07, 6.45) is 4.14. The van der Waals surface area contributed by atoms with Gasteiger partial charge < -0.3 is 0 Å². The summed E-state index contributed by atoms with van der Waals surface area (Å²) in [4.78, 5) is 10.6. The summed E-state index contributed by atoms with van der Waals surface area (Å²) in [5.41, 5.74) is 0.948. The molecule has 0 saturated heterocycles. The van der Waals surface area contributed by atoms with Gasteiger partial charge in [-0.05, 0) is 18.4 Å². The lowest BCUT2D eigenvalue weighted by molar-refractivity contribution is -0.490. The molecule has 1 saturated carbocycles. The van der Waals surface area contributed by atoms with Gasteiger partial charge in [-0.1, -0.05) is 43.2 Å². The van der Waals surface area contributed by atoms with E-state index in [9.17, 15) is 10.1 Å². The minimum absolute atomic E-state index is 0.0804. The summed E-state index contributed by atoms with van der Waals surface area (Å²) in [5, 5.41) is 10.7. The van der Waals surface area contributed by atoms with Crippen molar-refractivity contribution in [1.29, 1.82) is 0 Å². The molecule has 80 valence electrons. The zero-order chi connectivity index (χ0) is 10.7. The molecular formula is C12H15NO2. The minimum Gasteiger partial charge on any atom is -0.265 e. The maximum absolute atomic E-state index is 10.7. The van der Waals surface area contributed by atoms with Crippen LogP contribution in [0.5, 0.6) is 0 Å². The van der Waals surface area contributed by atoms with Gasteiger partial charge in [-0.25, -0.2) is 0 Å². The molecular weight excluding hydrogens is 190 g/mol. The summed E-state index contributed by atoms with van der Waals surface area (Å²) in [6, 6.07) is 9.94. The topological polar surface area (TPSA) is 43.1 Å². The van der Waals surface area contributed by atoms with E-state index in [0.717, 1.165) is 31.2 Å². The number of rotatable bonds is 3. The van der Waals surface area contributed by atoms with Crippen LogP contribution in [0.2, 0.25) is 0 Å². The summed E-state index contributed by atoms with van der Waals surface area (Å²) < 4.78 is 0. The van der Waals surface area contributed by atoms with Gasteiger partial charge in [-0.15, -0.1) is 0 Å². The van der Waals surface area contributed by atoms with E-state index in [1.54, 1.807) is 0 Å². The summed E-state index contributed by atoms with van der Waals surface area (Å²) in [7, 11) is 0. The SMILES string of the molecule is O=[N+]([O-])CC1(c2ccccc2)CCCC1. The van der Waals surface area contributed by atoms with Gasteiger partial charge in [0.2, 0.25) is 6.54 Å². The van der Waals surface area contributed by atoms with E-state index in [1.165, 1.54) is 0 Å². The van der Waals surface area contributed by atoms with Crippen LogP contribution in [0, 0.1) is 10.1 Å². The van der Waals surface area contributed by atoms with Gasteiger partial charge >= 0.3 is 0 Å². The second-order valence-corrected chi connectivity index (χ2v) is 4.34. The highest BCUT2D eigenvalue weighted by atomic mass is 16.6. The molecule has 1 aromatic rings. The second kappa shape index (κ2) is 4.01. The Balaban J connectivity index is 2.30. The molecule has 1 aromatic carbocycles. The van der Waals surface area contributed by atoms with Crippen molar-refractivity contribution in [2.75, 3.05) is 6.54 Å². The Kier molecular flexibility index (Phi) is 2.71. The van der Waals surface area contributed by atoms with E-state index in [0.29, 0.717) is 0 Å². The minimum atomic E-state index is -0.190. The number of hydrogen-bond donors (Lipinski definition) is 0. The third-order valence-electron chi connectivity index (χ3n) is 3.38. The first kappa shape index (κ1) is 10.1. The quantitative estimate of drug-likeness (QED) is 0.562. The maximum Gasteiger partial charge on any atom is 0.213 e. The van der Waals surface area contributed by atoms with Crippen LogP contribution >= 0.6 is 0 Å². The summed E-state index contributed by atoms with van der Waals surface area (Å²) >= 11 is 0. The summed E-state index contributed by atoms with van der Waals surface area (Å²) in [6.45, 7) is 0.0804. The van der Waals surface area contributed by atoms with Crippen LogP contribution in [-0.2, 0) is 5.41 Å². The zero-order valence-electron chi connectivity index (χ0n) is 8.69. The zero-order valence-corrected chi connectivity index (χ0v) is 8.69. The third-order valence-corrected chi connectivity index (χ3v) is 3.38. The Labute approximate surface area is 89.3 Å². The first-order valence-electron chi connectivity index (χ1n) is 5.40. The van der Waals surface area contributed by atoms with Crippen LogP contribution in [-0.4, -0.2) is 11.5 Å². The van der Waals surface area contributed by atoms with Gasteiger partial charge in [0.15, 0.2) is 0 Å². The van der Waals surface area contributed by atoms with Crippen molar-refractivity contribution >= 4 is 0 Å². The molecule has 0 heterocycles. The molecule has 3 nitrogen and oxygen atoms in total. The van der Waals surface area contributed by atoms with E-state index >= 15 is 0 Å². The van der Waals surface area contributed by atoms with Gasteiger partial charge in [0.25, 0.3) is 0 Å². The molecule has 0 N–H and O–H groups in total. The van der Waals surface area contributed by atoms with Gasteiger partial charge in [-0.3, -0.25) is 10.1 Å². The molecule has 3 heteroatoms. The van der Waals surface area contributed by atoms with E-state index in [1.807, 2.05) is 30.3 Å². The van der Waals surface area contributed by atoms with Crippen molar-refractivity contribution in [1.82, 2.24) is 0 Å². The number of nitro groups is 1. The Morgan fingerprint density at radius 2 is 1.80 bits per heavy atom. The largest absolute Gasteiger partial charge is 0.265 e. The fourth-order valence-corrected chi connectivity index (χ4v) is 2.63. The van der Waals surface area contributed by atoms with Crippen molar-refractivity contribution in [2.45, 2.75) is 31.1 Å². The Morgan fingerprint density at radius 3 is 2.33 bits per heavy atom. The molecule has 0 bridgehead atoms. The molecule has 2 rings (SSSR count). The molecule has 0 atom stereocenters. The standard InChI is InChI=1S/C12H15NO2/c14-13(15)10-12(8-4-5-9-12)11-6-2-1-3-7-11/h1-3,6-7H,4-5,8-10H2. The smallest absolute Gasteiger partial charge is 0.213 e. The van der Waals surface area contributed by atoms with Crippen LogP contribution in [0.25, 0.3) is 0 Å².